The first-order valence-electron chi connectivity index (χ1n) is 15.4. The summed E-state index contributed by atoms with van der Waals surface area (Å²) in [5, 5.41) is 32.7. The van der Waals surface area contributed by atoms with Crippen LogP contribution in [0.4, 0.5) is 0 Å². The van der Waals surface area contributed by atoms with Gasteiger partial charge in [-0.3, -0.25) is 0 Å². The molecule has 7 fully saturated rings. The van der Waals surface area contributed by atoms with Crippen molar-refractivity contribution >= 4 is 0 Å². The third-order valence-electron chi connectivity index (χ3n) is 14.4. The van der Waals surface area contributed by atoms with Gasteiger partial charge in [-0.2, -0.15) is 0 Å². The Bertz CT molecular complexity index is 939. The number of ether oxygens (including phenoxy) is 3. The first kappa shape index (κ1) is 25.7. The van der Waals surface area contributed by atoms with E-state index in [0.29, 0.717) is 47.5 Å². The van der Waals surface area contributed by atoms with E-state index in [-0.39, 0.29) is 34.6 Å². The standard InChI is InChI=1S/C31H50O6/c1-17-9-14-35-24-22(17)28(4)12-13-31-16-30(31)11-8-21(37-26-23(33)18(32)10-15-36-26)27(2,3)19(30)6-7-20(31)29(28,5)25(24)34/h17-26,32-34H,6-16H2,1-5H3/t17-,18+,19+,20?,21+,22+,23-,24?,25+,26+,28-,29-,30-,31?/m1/s1. The summed E-state index contributed by atoms with van der Waals surface area (Å²) >= 11 is 0. The Labute approximate surface area is 222 Å². The lowest BCUT2D eigenvalue weighted by atomic mass is 9.41. The van der Waals surface area contributed by atoms with Crippen molar-refractivity contribution in [3.8, 4) is 0 Å². The van der Waals surface area contributed by atoms with Crippen molar-refractivity contribution in [2.75, 3.05) is 13.2 Å². The average molecular weight is 519 g/mol. The summed E-state index contributed by atoms with van der Waals surface area (Å²) < 4.78 is 18.6. The minimum absolute atomic E-state index is 0.000766. The van der Waals surface area contributed by atoms with Crippen LogP contribution in [-0.2, 0) is 14.2 Å². The smallest absolute Gasteiger partial charge is 0.186 e. The molecule has 0 aromatic heterocycles. The molecule has 0 amide bonds. The van der Waals surface area contributed by atoms with Crippen LogP contribution in [-0.4, -0.2) is 65.3 Å². The van der Waals surface area contributed by atoms with Crippen molar-refractivity contribution in [2.45, 2.75) is 129 Å². The second-order valence-electron chi connectivity index (χ2n) is 15.5. The Morgan fingerprint density at radius 3 is 2.27 bits per heavy atom. The highest BCUT2D eigenvalue weighted by molar-refractivity contribution is 5.32. The van der Waals surface area contributed by atoms with Gasteiger partial charge >= 0.3 is 0 Å². The molecule has 0 radical (unpaired) electrons. The molecule has 6 nitrogen and oxygen atoms in total. The molecule has 14 atom stereocenters. The largest absolute Gasteiger partial charge is 0.390 e. The van der Waals surface area contributed by atoms with E-state index in [1.165, 1.54) is 32.1 Å². The molecule has 3 N–H and O–H groups in total. The highest BCUT2D eigenvalue weighted by atomic mass is 16.7. The second kappa shape index (κ2) is 7.94. The summed E-state index contributed by atoms with van der Waals surface area (Å²) in [6.07, 6.45) is 7.04. The molecule has 7 aliphatic rings. The predicted molar refractivity (Wildman–Crippen MR) is 138 cm³/mol. The van der Waals surface area contributed by atoms with Gasteiger partial charge in [0.25, 0.3) is 0 Å². The van der Waals surface area contributed by atoms with Crippen LogP contribution in [0.5, 0.6) is 0 Å². The maximum Gasteiger partial charge on any atom is 0.186 e. The zero-order valence-corrected chi connectivity index (χ0v) is 23.6. The van der Waals surface area contributed by atoms with Crippen molar-refractivity contribution in [1.82, 2.24) is 0 Å². The molecular formula is C31H50O6. The van der Waals surface area contributed by atoms with Gasteiger partial charge in [0, 0.05) is 12.0 Å². The van der Waals surface area contributed by atoms with E-state index in [1.807, 2.05) is 0 Å². The fourth-order valence-electron chi connectivity index (χ4n) is 12.4. The first-order valence-corrected chi connectivity index (χ1v) is 15.4. The molecule has 0 bridgehead atoms. The minimum Gasteiger partial charge on any atom is -0.390 e. The molecule has 6 heteroatoms. The van der Waals surface area contributed by atoms with E-state index in [0.717, 1.165) is 25.9 Å². The van der Waals surface area contributed by atoms with Crippen molar-refractivity contribution in [2.24, 2.45) is 50.7 Å². The van der Waals surface area contributed by atoms with Crippen LogP contribution in [0.15, 0.2) is 0 Å². The summed E-state index contributed by atoms with van der Waals surface area (Å²) in [6, 6.07) is 0. The van der Waals surface area contributed by atoms with Gasteiger partial charge in [0.2, 0.25) is 0 Å². The van der Waals surface area contributed by atoms with E-state index in [1.54, 1.807) is 0 Å². The van der Waals surface area contributed by atoms with Gasteiger partial charge in [-0.05, 0) is 103 Å². The molecule has 2 aliphatic heterocycles. The quantitative estimate of drug-likeness (QED) is 0.473. The lowest BCUT2D eigenvalue weighted by Gasteiger charge is -2.63. The number of hydrogen-bond acceptors (Lipinski definition) is 6. The van der Waals surface area contributed by atoms with Gasteiger partial charge in [-0.25, -0.2) is 0 Å². The molecule has 210 valence electrons. The molecule has 5 aliphatic carbocycles. The zero-order valence-electron chi connectivity index (χ0n) is 23.6. The molecule has 2 saturated heterocycles. The van der Waals surface area contributed by atoms with Gasteiger partial charge in [-0.15, -0.1) is 0 Å². The lowest BCUT2D eigenvalue weighted by Crippen LogP contribution is -2.60. The lowest BCUT2D eigenvalue weighted by molar-refractivity contribution is -0.286. The predicted octanol–water partition coefficient (Wildman–Crippen LogP) is 4.28. The maximum absolute atomic E-state index is 12.0. The van der Waals surface area contributed by atoms with Crippen LogP contribution < -0.4 is 0 Å². The van der Waals surface area contributed by atoms with Crippen molar-refractivity contribution in [3.05, 3.63) is 0 Å². The van der Waals surface area contributed by atoms with E-state index in [4.69, 9.17) is 14.2 Å². The van der Waals surface area contributed by atoms with Gasteiger partial charge < -0.3 is 29.5 Å². The molecule has 37 heavy (non-hydrogen) atoms. The Morgan fingerprint density at radius 1 is 0.784 bits per heavy atom. The number of fused-ring (bicyclic) bond motifs is 4. The topological polar surface area (TPSA) is 88.4 Å². The first-order chi connectivity index (χ1) is 17.4. The normalized spacial score (nSPS) is 61.9. The van der Waals surface area contributed by atoms with Gasteiger partial charge in [-0.1, -0.05) is 34.6 Å². The molecule has 2 heterocycles. The summed E-state index contributed by atoms with van der Waals surface area (Å²) in [5.74, 6) is 2.20. The van der Waals surface area contributed by atoms with E-state index in [2.05, 4.69) is 34.6 Å². The van der Waals surface area contributed by atoms with Crippen LogP contribution in [0, 0.1) is 50.7 Å². The van der Waals surface area contributed by atoms with Crippen molar-refractivity contribution in [1.29, 1.82) is 0 Å². The van der Waals surface area contributed by atoms with E-state index < -0.39 is 18.5 Å². The third kappa shape index (κ3) is 2.94. The van der Waals surface area contributed by atoms with E-state index >= 15 is 0 Å². The van der Waals surface area contributed by atoms with Crippen molar-refractivity contribution in [3.63, 3.8) is 0 Å². The Balaban J connectivity index is 1.17. The fraction of sp³-hybridized carbons (Fsp3) is 1.00. The van der Waals surface area contributed by atoms with Gasteiger partial charge in [0.05, 0.1) is 31.0 Å². The molecule has 7 rings (SSSR count). The molecule has 0 aromatic rings. The van der Waals surface area contributed by atoms with Crippen molar-refractivity contribution < 1.29 is 29.5 Å². The SMILES string of the molecule is C[C@@H]1CCOC2[C@H]1[C@@]1(C)CCC34C[C@@]35CC[C@H](O[C@@H]3OCC[C@H](O)[C@H]3O)C(C)(C)[C@@H]5CCC4[C@]1(C)[C@H]2O. The number of aliphatic hydroxyl groups excluding tert-OH is 3. The summed E-state index contributed by atoms with van der Waals surface area (Å²) in [4.78, 5) is 0. The molecular weight excluding hydrogens is 468 g/mol. The fourth-order valence-corrected chi connectivity index (χ4v) is 12.4. The highest BCUT2D eigenvalue weighted by Crippen LogP contribution is 2.89. The minimum atomic E-state index is -0.976. The highest BCUT2D eigenvalue weighted by Gasteiger charge is 2.84. The number of aliphatic hydroxyl groups is 3. The summed E-state index contributed by atoms with van der Waals surface area (Å²) in [7, 11) is 0. The molecule has 3 unspecified atom stereocenters. The maximum atomic E-state index is 12.0. The monoisotopic (exact) mass is 518 g/mol. The van der Waals surface area contributed by atoms with Crippen LogP contribution >= 0.6 is 0 Å². The summed E-state index contributed by atoms with van der Waals surface area (Å²) in [6.45, 7) is 13.3. The van der Waals surface area contributed by atoms with E-state index in [9.17, 15) is 15.3 Å². The Hall–Kier alpha value is -0.240. The Kier molecular flexibility index (Phi) is 5.52. The molecule has 5 saturated carbocycles. The van der Waals surface area contributed by atoms with Crippen LogP contribution in [0.2, 0.25) is 0 Å². The summed E-state index contributed by atoms with van der Waals surface area (Å²) in [5.41, 5.74) is 0.686. The van der Waals surface area contributed by atoms with Crippen LogP contribution in [0.3, 0.4) is 0 Å². The van der Waals surface area contributed by atoms with Gasteiger partial charge in [0.1, 0.15) is 6.10 Å². The van der Waals surface area contributed by atoms with Gasteiger partial charge in [0.15, 0.2) is 6.29 Å². The van der Waals surface area contributed by atoms with Crippen LogP contribution in [0.1, 0.15) is 92.4 Å². The zero-order chi connectivity index (χ0) is 26.2. The number of rotatable bonds is 2. The average Bonchev–Trinajstić information content (AvgIpc) is 3.48. The van der Waals surface area contributed by atoms with Crippen LogP contribution in [0.25, 0.3) is 0 Å². The number of hydrogen-bond donors (Lipinski definition) is 3. The third-order valence-corrected chi connectivity index (χ3v) is 14.4. The second-order valence-corrected chi connectivity index (χ2v) is 15.5. The molecule has 2 spiro atoms. The molecule has 0 aromatic carbocycles. The Morgan fingerprint density at radius 2 is 1.49 bits per heavy atom.